The maximum atomic E-state index is 12.8. The molecule has 2 fully saturated rings. The fourth-order valence-corrected chi connectivity index (χ4v) is 4.57. The van der Waals surface area contributed by atoms with E-state index in [0.29, 0.717) is 11.4 Å². The Hall–Kier alpha value is -1.66. The molecule has 23 heavy (non-hydrogen) atoms. The molecule has 1 atom stereocenters. The van der Waals surface area contributed by atoms with Gasteiger partial charge in [0.2, 0.25) is 11.8 Å². The van der Waals surface area contributed by atoms with Crippen LogP contribution in [-0.2, 0) is 16.0 Å². The van der Waals surface area contributed by atoms with Crippen LogP contribution in [0.3, 0.4) is 0 Å². The van der Waals surface area contributed by atoms with E-state index in [0.717, 1.165) is 37.1 Å². The van der Waals surface area contributed by atoms with Crippen molar-refractivity contribution in [2.24, 2.45) is 5.41 Å². The third-order valence-corrected chi connectivity index (χ3v) is 5.75. The number of fused-ring (bicyclic) bond motifs is 4. The zero-order chi connectivity index (χ0) is 16.2. The molecule has 0 saturated carbocycles. The van der Waals surface area contributed by atoms with Gasteiger partial charge in [0.1, 0.15) is 0 Å². The zero-order valence-corrected chi connectivity index (χ0v) is 14.0. The SMILES string of the molecule is O=C1NC(=S)NC(=O)C12Cc1c(Cl)cccc1N1CCCC[C@H]12. The van der Waals surface area contributed by atoms with E-state index in [1.165, 1.54) is 0 Å². The lowest BCUT2D eigenvalue weighted by molar-refractivity contribution is -0.146. The number of thiocarbonyl (C=S) groups is 1. The average molecular weight is 350 g/mol. The van der Waals surface area contributed by atoms with Crippen LogP contribution in [0.15, 0.2) is 18.2 Å². The van der Waals surface area contributed by atoms with E-state index in [9.17, 15) is 9.59 Å². The molecule has 2 saturated heterocycles. The van der Waals surface area contributed by atoms with Gasteiger partial charge in [-0.1, -0.05) is 17.7 Å². The molecule has 1 aromatic rings. The van der Waals surface area contributed by atoms with Gasteiger partial charge in [-0.3, -0.25) is 9.59 Å². The second kappa shape index (κ2) is 5.18. The number of nitrogens with one attached hydrogen (secondary N) is 2. The van der Waals surface area contributed by atoms with Gasteiger partial charge in [-0.05, 0) is 49.2 Å². The number of carbonyl (C=O) groups is 2. The highest BCUT2D eigenvalue weighted by Gasteiger charge is 2.59. The highest BCUT2D eigenvalue weighted by atomic mass is 35.5. The Balaban J connectivity index is 1.91. The number of amides is 2. The number of rotatable bonds is 0. The number of benzene rings is 1. The molecule has 2 N–H and O–H groups in total. The van der Waals surface area contributed by atoms with Crippen LogP contribution >= 0.6 is 23.8 Å². The Morgan fingerprint density at radius 1 is 1.22 bits per heavy atom. The minimum absolute atomic E-state index is 0.0814. The molecular formula is C16H16ClN3O2S. The topological polar surface area (TPSA) is 61.4 Å². The standard InChI is InChI=1S/C16H16ClN3O2S/c17-10-4-3-5-11-9(10)8-16(12-6-1-2-7-20(11)12)13(21)18-15(23)19-14(16)22/h3-5,12H,1-2,6-8H2,(H2,18,19,21,22,23)/t12-/m0/s1. The van der Waals surface area contributed by atoms with Crippen molar-refractivity contribution in [3.63, 3.8) is 0 Å². The lowest BCUT2D eigenvalue weighted by Gasteiger charge is -2.52. The Bertz CT molecular complexity index is 716. The highest BCUT2D eigenvalue weighted by Crippen LogP contribution is 2.48. The molecule has 120 valence electrons. The molecule has 0 radical (unpaired) electrons. The first kappa shape index (κ1) is 14.9. The summed E-state index contributed by atoms with van der Waals surface area (Å²) >= 11 is 11.3. The van der Waals surface area contributed by atoms with E-state index in [-0.39, 0.29) is 23.0 Å². The summed E-state index contributed by atoms with van der Waals surface area (Å²) in [7, 11) is 0. The van der Waals surface area contributed by atoms with Crippen molar-refractivity contribution in [2.75, 3.05) is 11.4 Å². The first-order chi connectivity index (χ1) is 11.0. The third kappa shape index (κ3) is 2.01. The summed E-state index contributed by atoms with van der Waals surface area (Å²) < 4.78 is 0. The normalized spacial score (nSPS) is 25.5. The molecular weight excluding hydrogens is 334 g/mol. The van der Waals surface area contributed by atoms with E-state index < -0.39 is 5.41 Å². The molecule has 1 aromatic carbocycles. The molecule has 1 spiro atoms. The predicted octanol–water partition coefficient (Wildman–Crippen LogP) is 1.77. The second-order valence-corrected chi connectivity index (χ2v) is 7.14. The van der Waals surface area contributed by atoms with Crippen molar-refractivity contribution >= 4 is 46.4 Å². The van der Waals surface area contributed by atoms with Crippen LogP contribution in [0.4, 0.5) is 5.69 Å². The highest BCUT2D eigenvalue weighted by molar-refractivity contribution is 7.80. The Kier molecular flexibility index (Phi) is 3.35. The summed E-state index contributed by atoms with van der Waals surface area (Å²) in [6.45, 7) is 0.824. The van der Waals surface area contributed by atoms with Gasteiger partial charge in [0.05, 0.1) is 6.04 Å². The summed E-state index contributed by atoms with van der Waals surface area (Å²) in [5.74, 6) is -0.623. The van der Waals surface area contributed by atoms with Gasteiger partial charge in [-0.15, -0.1) is 0 Å². The summed E-state index contributed by atoms with van der Waals surface area (Å²) in [6, 6.07) is 5.59. The summed E-state index contributed by atoms with van der Waals surface area (Å²) in [6.07, 6.45) is 3.16. The number of piperidine rings is 1. The Morgan fingerprint density at radius 3 is 2.70 bits per heavy atom. The molecule has 0 aromatic heterocycles. The summed E-state index contributed by atoms with van der Waals surface area (Å²) in [5.41, 5.74) is 0.743. The zero-order valence-electron chi connectivity index (χ0n) is 12.4. The Morgan fingerprint density at radius 2 is 1.96 bits per heavy atom. The predicted molar refractivity (Wildman–Crippen MR) is 91.5 cm³/mol. The van der Waals surface area contributed by atoms with Crippen molar-refractivity contribution in [1.29, 1.82) is 0 Å². The van der Waals surface area contributed by atoms with Crippen LogP contribution in [0.5, 0.6) is 0 Å². The quantitative estimate of drug-likeness (QED) is 0.553. The number of hydrogen-bond donors (Lipinski definition) is 2. The minimum atomic E-state index is -1.17. The van der Waals surface area contributed by atoms with Gasteiger partial charge in [-0.2, -0.15) is 0 Å². The van der Waals surface area contributed by atoms with E-state index >= 15 is 0 Å². The lowest BCUT2D eigenvalue weighted by atomic mass is 9.66. The van der Waals surface area contributed by atoms with E-state index in [2.05, 4.69) is 15.5 Å². The van der Waals surface area contributed by atoms with Gasteiger partial charge < -0.3 is 15.5 Å². The summed E-state index contributed by atoms with van der Waals surface area (Å²) in [4.78, 5) is 27.9. The number of halogens is 1. The molecule has 3 heterocycles. The third-order valence-electron chi connectivity index (χ3n) is 5.20. The maximum absolute atomic E-state index is 12.8. The monoisotopic (exact) mass is 349 g/mol. The first-order valence-corrected chi connectivity index (χ1v) is 8.53. The fraction of sp³-hybridized carbons (Fsp3) is 0.438. The smallest absolute Gasteiger partial charge is 0.244 e. The van der Waals surface area contributed by atoms with Crippen molar-refractivity contribution < 1.29 is 9.59 Å². The van der Waals surface area contributed by atoms with Crippen molar-refractivity contribution in [2.45, 2.75) is 31.7 Å². The van der Waals surface area contributed by atoms with Crippen LogP contribution in [-0.4, -0.2) is 29.5 Å². The minimum Gasteiger partial charge on any atom is -0.367 e. The van der Waals surface area contributed by atoms with Crippen LogP contribution in [0.25, 0.3) is 0 Å². The van der Waals surface area contributed by atoms with Crippen LogP contribution in [0.1, 0.15) is 24.8 Å². The largest absolute Gasteiger partial charge is 0.367 e. The van der Waals surface area contributed by atoms with Gasteiger partial charge >= 0.3 is 0 Å². The molecule has 7 heteroatoms. The van der Waals surface area contributed by atoms with Gasteiger partial charge in [0.25, 0.3) is 0 Å². The van der Waals surface area contributed by atoms with Gasteiger partial charge in [0.15, 0.2) is 10.5 Å². The molecule has 5 nitrogen and oxygen atoms in total. The van der Waals surface area contributed by atoms with Crippen LogP contribution < -0.4 is 15.5 Å². The van der Waals surface area contributed by atoms with Gasteiger partial charge in [0, 0.05) is 23.7 Å². The molecule has 3 aliphatic heterocycles. The fourth-order valence-electron chi connectivity index (χ4n) is 4.15. The van der Waals surface area contributed by atoms with E-state index in [1.54, 1.807) is 0 Å². The van der Waals surface area contributed by atoms with Crippen molar-refractivity contribution in [1.82, 2.24) is 10.6 Å². The molecule has 4 rings (SSSR count). The molecule has 0 aliphatic carbocycles. The number of carbonyl (C=O) groups excluding carboxylic acids is 2. The maximum Gasteiger partial charge on any atom is 0.244 e. The second-order valence-electron chi connectivity index (χ2n) is 6.33. The van der Waals surface area contributed by atoms with Gasteiger partial charge in [-0.25, -0.2) is 0 Å². The summed E-state index contributed by atoms with van der Waals surface area (Å²) in [5, 5.41) is 5.97. The van der Waals surface area contributed by atoms with Crippen LogP contribution in [0, 0.1) is 5.41 Å². The number of hydrogen-bond acceptors (Lipinski definition) is 4. The van der Waals surface area contributed by atoms with Crippen molar-refractivity contribution in [3.05, 3.63) is 28.8 Å². The van der Waals surface area contributed by atoms with E-state index in [1.807, 2.05) is 18.2 Å². The van der Waals surface area contributed by atoms with E-state index in [4.69, 9.17) is 23.8 Å². The van der Waals surface area contributed by atoms with Crippen LogP contribution in [0.2, 0.25) is 5.02 Å². The molecule has 0 unspecified atom stereocenters. The molecule has 3 aliphatic rings. The van der Waals surface area contributed by atoms with Crippen molar-refractivity contribution in [3.8, 4) is 0 Å². The molecule has 0 bridgehead atoms. The Labute approximate surface area is 144 Å². The average Bonchev–Trinajstić information content (AvgIpc) is 2.53. The molecule has 2 amide bonds. The first-order valence-electron chi connectivity index (χ1n) is 7.75. The number of nitrogens with zero attached hydrogens (tertiary/aromatic N) is 1. The number of anilines is 1. The lowest BCUT2D eigenvalue weighted by Crippen LogP contribution is -2.71.